The Morgan fingerprint density at radius 3 is 2.60 bits per heavy atom. The molecule has 0 bridgehead atoms. The molecule has 1 amide bonds. The molecule has 0 spiro atoms. The summed E-state index contributed by atoms with van der Waals surface area (Å²) in [7, 11) is 2.80. The Hall–Kier alpha value is -3.17. The number of amides is 1. The van der Waals surface area contributed by atoms with Gasteiger partial charge in [0.15, 0.2) is 5.78 Å². The minimum absolute atomic E-state index is 0.00274. The third-order valence-corrected chi connectivity index (χ3v) is 6.63. The standard InChI is InChI=1S/C21H22N2O7/c1-23-20-7-10-6-9-4-3-5-11(24)13(9)16(25)14(10)17(26)21(20,29)18(27)15(19(22)28)12(8-20)30-2/h3-5,10,23-24,26,29H,6-8H2,1-2H3,(H2,22,28)/t10?,20-,21+/m1/s1. The van der Waals surface area contributed by atoms with Crippen LogP contribution in [0, 0.1) is 5.92 Å². The van der Waals surface area contributed by atoms with Gasteiger partial charge in [0.2, 0.25) is 11.4 Å². The summed E-state index contributed by atoms with van der Waals surface area (Å²) in [4.78, 5) is 38.4. The molecule has 1 aromatic rings. The molecule has 6 N–H and O–H groups in total. The fourth-order valence-electron chi connectivity index (χ4n) is 5.16. The molecular weight excluding hydrogens is 392 g/mol. The van der Waals surface area contributed by atoms with Gasteiger partial charge in [-0.3, -0.25) is 14.4 Å². The van der Waals surface area contributed by atoms with E-state index < -0.39 is 45.9 Å². The lowest BCUT2D eigenvalue weighted by Crippen LogP contribution is -2.72. The van der Waals surface area contributed by atoms with Crippen molar-refractivity contribution in [2.24, 2.45) is 11.7 Å². The molecule has 9 nitrogen and oxygen atoms in total. The minimum Gasteiger partial charge on any atom is -0.508 e. The third kappa shape index (κ3) is 2.27. The van der Waals surface area contributed by atoms with E-state index in [4.69, 9.17) is 10.5 Å². The van der Waals surface area contributed by atoms with E-state index in [9.17, 15) is 29.7 Å². The molecule has 4 rings (SSSR count). The number of hydrogen-bond donors (Lipinski definition) is 5. The van der Waals surface area contributed by atoms with E-state index in [0.29, 0.717) is 12.0 Å². The van der Waals surface area contributed by atoms with Crippen molar-refractivity contribution in [3.63, 3.8) is 0 Å². The number of aliphatic hydroxyl groups is 2. The van der Waals surface area contributed by atoms with Crippen molar-refractivity contribution in [3.8, 4) is 5.75 Å². The van der Waals surface area contributed by atoms with Gasteiger partial charge < -0.3 is 31.1 Å². The average molecular weight is 414 g/mol. The average Bonchev–Trinajstić information content (AvgIpc) is 2.69. The Morgan fingerprint density at radius 2 is 2.00 bits per heavy atom. The number of nitrogens with one attached hydrogen (secondary N) is 1. The van der Waals surface area contributed by atoms with E-state index in [0.717, 1.165) is 0 Å². The zero-order valence-electron chi connectivity index (χ0n) is 16.5. The number of carbonyl (C=O) groups excluding carboxylic acids is 3. The number of Topliss-reactive ketones (excluding diaryl/α,β-unsaturated/α-hetero) is 2. The number of ether oxygens (including phenoxy) is 1. The predicted molar refractivity (Wildman–Crippen MR) is 103 cm³/mol. The van der Waals surface area contributed by atoms with Crippen molar-refractivity contribution in [3.05, 3.63) is 52.0 Å². The summed E-state index contributed by atoms with van der Waals surface area (Å²) in [5.74, 6) is -4.50. The van der Waals surface area contributed by atoms with E-state index in [1.807, 2.05) is 0 Å². The molecule has 0 aromatic heterocycles. The number of aliphatic hydroxyl groups excluding tert-OH is 1. The SMILES string of the molecule is CN[C@]12CC(OC)=C(C(N)=O)C(=O)[C@@]1(O)C(O)=C1C(=O)c3c(O)cccc3CC1C2. The second-order valence-corrected chi connectivity index (χ2v) is 7.92. The van der Waals surface area contributed by atoms with Crippen molar-refractivity contribution >= 4 is 17.5 Å². The lowest BCUT2D eigenvalue weighted by Gasteiger charge is -2.54. The normalized spacial score (nSPS) is 30.6. The van der Waals surface area contributed by atoms with Gasteiger partial charge in [0.25, 0.3) is 5.91 Å². The highest BCUT2D eigenvalue weighted by Gasteiger charge is 2.67. The molecule has 0 radical (unpaired) electrons. The van der Waals surface area contributed by atoms with E-state index in [1.54, 1.807) is 12.1 Å². The summed E-state index contributed by atoms with van der Waals surface area (Å²) in [6.07, 6.45) is 0.317. The van der Waals surface area contributed by atoms with Crippen LogP contribution in [0.2, 0.25) is 0 Å². The largest absolute Gasteiger partial charge is 0.508 e. The fourth-order valence-corrected chi connectivity index (χ4v) is 5.16. The summed E-state index contributed by atoms with van der Waals surface area (Å²) < 4.78 is 5.23. The summed E-state index contributed by atoms with van der Waals surface area (Å²) in [6, 6.07) is 4.69. The van der Waals surface area contributed by atoms with Gasteiger partial charge in [-0.25, -0.2) is 0 Å². The molecule has 0 fully saturated rings. The Morgan fingerprint density at radius 1 is 1.30 bits per heavy atom. The summed E-state index contributed by atoms with van der Waals surface area (Å²) in [5, 5.41) is 35.8. The van der Waals surface area contributed by atoms with Crippen LogP contribution in [0.1, 0.15) is 28.8 Å². The van der Waals surface area contributed by atoms with Crippen LogP contribution in [-0.4, -0.2) is 58.1 Å². The van der Waals surface area contributed by atoms with Crippen LogP contribution in [0.3, 0.4) is 0 Å². The van der Waals surface area contributed by atoms with Crippen LogP contribution in [-0.2, 0) is 20.7 Å². The number of allylic oxidation sites excluding steroid dienone is 1. The number of fused-ring (bicyclic) bond motifs is 3. The highest BCUT2D eigenvalue weighted by Crippen LogP contribution is 2.53. The van der Waals surface area contributed by atoms with Gasteiger partial charge >= 0.3 is 0 Å². The molecule has 1 unspecified atom stereocenters. The third-order valence-electron chi connectivity index (χ3n) is 6.63. The lowest BCUT2D eigenvalue weighted by atomic mass is 9.56. The minimum atomic E-state index is -2.60. The number of methoxy groups -OCH3 is 1. The Bertz CT molecular complexity index is 1070. The molecule has 3 atom stereocenters. The summed E-state index contributed by atoms with van der Waals surface area (Å²) in [6.45, 7) is 0. The Kier molecular flexibility index (Phi) is 4.30. The molecule has 158 valence electrons. The number of phenolic OH excluding ortho intramolecular Hbond substituents is 1. The highest BCUT2D eigenvalue weighted by molar-refractivity contribution is 6.25. The van der Waals surface area contributed by atoms with Gasteiger partial charge in [0.1, 0.15) is 22.8 Å². The molecule has 3 aliphatic rings. The maximum Gasteiger partial charge on any atom is 0.255 e. The van der Waals surface area contributed by atoms with Crippen LogP contribution in [0.5, 0.6) is 5.75 Å². The number of primary amides is 1. The smallest absolute Gasteiger partial charge is 0.255 e. The molecule has 9 heteroatoms. The predicted octanol–water partition coefficient (Wildman–Crippen LogP) is 0.0109. The van der Waals surface area contributed by atoms with Crippen molar-refractivity contribution in [1.82, 2.24) is 5.32 Å². The Balaban J connectivity index is 1.99. The number of likely N-dealkylation sites (N-methyl/N-ethyl adjacent to an activating group) is 1. The Labute approximate surface area is 171 Å². The second-order valence-electron chi connectivity index (χ2n) is 7.92. The number of carbonyl (C=O) groups is 3. The van der Waals surface area contributed by atoms with Gasteiger partial charge in [-0.15, -0.1) is 0 Å². The monoisotopic (exact) mass is 414 g/mol. The first-order valence-corrected chi connectivity index (χ1v) is 9.45. The quantitative estimate of drug-likeness (QED) is 0.433. The van der Waals surface area contributed by atoms with Crippen LogP contribution in [0.25, 0.3) is 0 Å². The second kappa shape index (κ2) is 6.41. The van der Waals surface area contributed by atoms with Crippen molar-refractivity contribution in [2.45, 2.75) is 30.4 Å². The maximum absolute atomic E-state index is 13.3. The van der Waals surface area contributed by atoms with Crippen LogP contribution in [0.15, 0.2) is 40.9 Å². The van der Waals surface area contributed by atoms with Crippen molar-refractivity contribution in [1.29, 1.82) is 0 Å². The van der Waals surface area contributed by atoms with Gasteiger partial charge in [-0.05, 0) is 37.4 Å². The number of phenols is 1. The van der Waals surface area contributed by atoms with E-state index >= 15 is 0 Å². The van der Waals surface area contributed by atoms with E-state index in [1.165, 1.54) is 20.2 Å². The number of rotatable bonds is 3. The number of benzene rings is 1. The maximum atomic E-state index is 13.3. The first-order chi connectivity index (χ1) is 14.1. The molecule has 0 saturated heterocycles. The van der Waals surface area contributed by atoms with Gasteiger partial charge in [0.05, 0.1) is 18.2 Å². The number of nitrogens with two attached hydrogens (primary N) is 1. The van der Waals surface area contributed by atoms with E-state index in [2.05, 4.69) is 5.32 Å². The molecule has 1 aromatic carbocycles. The van der Waals surface area contributed by atoms with Crippen LogP contribution >= 0.6 is 0 Å². The van der Waals surface area contributed by atoms with Gasteiger partial charge in [-0.2, -0.15) is 0 Å². The molecule has 0 saturated carbocycles. The van der Waals surface area contributed by atoms with Crippen LogP contribution in [0.4, 0.5) is 0 Å². The highest BCUT2D eigenvalue weighted by atomic mass is 16.5. The molecule has 30 heavy (non-hydrogen) atoms. The summed E-state index contributed by atoms with van der Waals surface area (Å²) in [5.41, 5.74) is 1.27. The summed E-state index contributed by atoms with van der Waals surface area (Å²) >= 11 is 0. The first-order valence-electron chi connectivity index (χ1n) is 9.45. The van der Waals surface area contributed by atoms with Gasteiger partial charge in [0, 0.05) is 12.0 Å². The van der Waals surface area contributed by atoms with E-state index in [-0.39, 0.29) is 35.5 Å². The number of ketones is 2. The van der Waals surface area contributed by atoms with Crippen molar-refractivity contribution in [2.75, 3.05) is 14.2 Å². The number of hydrogen-bond acceptors (Lipinski definition) is 8. The fraction of sp³-hybridized carbons (Fsp3) is 0.381. The molecular formula is C21H22N2O7. The zero-order chi connectivity index (χ0) is 22.0. The number of aromatic hydroxyl groups is 1. The topological polar surface area (TPSA) is 159 Å². The zero-order valence-corrected chi connectivity index (χ0v) is 16.5. The first kappa shape index (κ1) is 20.1. The molecule has 0 aliphatic heterocycles. The molecule has 3 aliphatic carbocycles. The lowest BCUT2D eigenvalue weighted by molar-refractivity contribution is -0.149. The van der Waals surface area contributed by atoms with Gasteiger partial charge in [-0.1, -0.05) is 12.1 Å². The molecule has 0 heterocycles. The van der Waals surface area contributed by atoms with Crippen molar-refractivity contribution < 1.29 is 34.4 Å². The van der Waals surface area contributed by atoms with Crippen LogP contribution < -0.4 is 11.1 Å².